The number of ether oxygens (including phenoxy) is 1. The molecule has 0 bridgehead atoms. The molecule has 2 aliphatic rings. The molecule has 0 aliphatic carbocycles. The van der Waals surface area contributed by atoms with Gasteiger partial charge in [0.15, 0.2) is 6.23 Å². The van der Waals surface area contributed by atoms with E-state index < -0.39 is 14.1 Å². The number of carbonyl (C=O) groups excluding carboxylic acids is 1. The number of hydrogen-bond donors (Lipinski definition) is 2. The standard InChI is InChI=1S/C27H36Cl2N3O6P/c1-19(2)27(38-39(34,35)36)32-24-18-21(10-8-20(24)9-11-25(32)33)37-17-4-3-12-30-13-15-31(16-14-30)23-7-5-6-22(28)26(23)29/h5-8,10,18-19,27H,3-4,9,11-17H2,1-2H3,(H2,34,35,36). The number of unbranched alkanes of at least 4 members (excludes halogenated alkanes) is 1. The Morgan fingerprint density at radius 3 is 2.44 bits per heavy atom. The Kier molecular flexibility index (Phi) is 10.2. The number of halogens is 2. The van der Waals surface area contributed by atoms with Crippen LogP contribution in [0.15, 0.2) is 36.4 Å². The van der Waals surface area contributed by atoms with Gasteiger partial charge in [0.1, 0.15) is 5.75 Å². The molecule has 0 spiro atoms. The number of rotatable bonds is 11. The number of fused-ring (bicyclic) bond motifs is 1. The van der Waals surface area contributed by atoms with Crippen molar-refractivity contribution in [3.63, 3.8) is 0 Å². The number of phosphoric ester groups is 1. The van der Waals surface area contributed by atoms with Crippen molar-refractivity contribution in [2.24, 2.45) is 5.92 Å². The van der Waals surface area contributed by atoms with Crippen LogP contribution in [0.4, 0.5) is 11.4 Å². The minimum absolute atomic E-state index is 0.232. The van der Waals surface area contributed by atoms with E-state index in [0.717, 1.165) is 56.8 Å². The van der Waals surface area contributed by atoms with Crippen LogP contribution in [-0.4, -0.2) is 66.2 Å². The summed E-state index contributed by atoms with van der Waals surface area (Å²) < 4.78 is 22.6. The second-order valence-electron chi connectivity index (χ2n) is 10.2. The van der Waals surface area contributed by atoms with Gasteiger partial charge >= 0.3 is 7.82 Å². The van der Waals surface area contributed by atoms with Crippen molar-refractivity contribution in [3.8, 4) is 5.75 Å². The van der Waals surface area contributed by atoms with E-state index in [1.54, 1.807) is 26.0 Å². The summed E-state index contributed by atoms with van der Waals surface area (Å²) in [6.45, 7) is 8.70. The van der Waals surface area contributed by atoms with Crippen LogP contribution in [0.1, 0.15) is 38.7 Å². The second-order valence-corrected chi connectivity index (χ2v) is 12.2. The lowest BCUT2D eigenvalue weighted by atomic mass is 9.99. The van der Waals surface area contributed by atoms with Gasteiger partial charge in [-0.15, -0.1) is 0 Å². The average Bonchev–Trinajstić information content (AvgIpc) is 2.89. The minimum Gasteiger partial charge on any atom is -0.494 e. The number of piperazine rings is 1. The number of anilines is 2. The highest BCUT2D eigenvalue weighted by Gasteiger charge is 2.37. The van der Waals surface area contributed by atoms with Crippen molar-refractivity contribution in [1.29, 1.82) is 0 Å². The first-order valence-electron chi connectivity index (χ1n) is 13.3. The van der Waals surface area contributed by atoms with Crippen molar-refractivity contribution in [3.05, 3.63) is 52.0 Å². The van der Waals surface area contributed by atoms with Gasteiger partial charge in [-0.05, 0) is 55.5 Å². The van der Waals surface area contributed by atoms with E-state index >= 15 is 0 Å². The van der Waals surface area contributed by atoms with E-state index in [1.165, 1.54) is 4.90 Å². The molecule has 12 heteroatoms. The van der Waals surface area contributed by atoms with Crippen LogP contribution in [0.5, 0.6) is 5.75 Å². The minimum atomic E-state index is -4.80. The Morgan fingerprint density at radius 1 is 1.00 bits per heavy atom. The maximum Gasteiger partial charge on any atom is 0.471 e. The van der Waals surface area contributed by atoms with Crippen LogP contribution in [0.25, 0.3) is 0 Å². The number of benzene rings is 2. The molecule has 2 heterocycles. The average molecular weight is 600 g/mol. The molecule has 4 rings (SSSR count). The zero-order valence-electron chi connectivity index (χ0n) is 22.3. The lowest BCUT2D eigenvalue weighted by Gasteiger charge is -2.37. The monoisotopic (exact) mass is 599 g/mol. The van der Waals surface area contributed by atoms with Crippen LogP contribution in [-0.2, 0) is 20.3 Å². The van der Waals surface area contributed by atoms with Gasteiger partial charge in [0.25, 0.3) is 0 Å². The van der Waals surface area contributed by atoms with Crippen molar-refractivity contribution in [2.75, 3.05) is 49.1 Å². The van der Waals surface area contributed by atoms with Crippen molar-refractivity contribution < 1.29 is 28.4 Å². The zero-order chi connectivity index (χ0) is 28.2. The normalized spacial score (nSPS) is 17.5. The van der Waals surface area contributed by atoms with E-state index in [0.29, 0.717) is 34.5 Å². The molecule has 0 radical (unpaired) electrons. The highest BCUT2D eigenvalue weighted by Crippen LogP contribution is 2.43. The van der Waals surface area contributed by atoms with Gasteiger partial charge in [-0.1, -0.05) is 49.2 Å². The summed E-state index contributed by atoms with van der Waals surface area (Å²) in [7, 11) is -4.80. The second kappa shape index (κ2) is 13.2. The highest BCUT2D eigenvalue weighted by atomic mass is 35.5. The van der Waals surface area contributed by atoms with E-state index in [2.05, 4.69) is 9.80 Å². The van der Waals surface area contributed by atoms with E-state index in [4.69, 9.17) is 32.5 Å². The first-order chi connectivity index (χ1) is 18.5. The van der Waals surface area contributed by atoms with Gasteiger partial charge in [0.05, 0.1) is 28.0 Å². The molecule has 214 valence electrons. The summed E-state index contributed by atoms with van der Waals surface area (Å²) in [4.78, 5) is 37.7. The van der Waals surface area contributed by atoms with E-state index in [9.17, 15) is 19.1 Å². The molecular weight excluding hydrogens is 564 g/mol. The Hall–Kier alpha value is -1.84. The van der Waals surface area contributed by atoms with E-state index in [-0.39, 0.29) is 18.2 Å². The van der Waals surface area contributed by atoms with E-state index in [1.807, 2.05) is 24.3 Å². The van der Waals surface area contributed by atoms with Gasteiger partial charge in [-0.3, -0.25) is 19.1 Å². The molecule has 2 aromatic rings. The Bertz CT molecular complexity index is 1200. The Morgan fingerprint density at radius 2 is 1.74 bits per heavy atom. The first-order valence-corrected chi connectivity index (χ1v) is 15.5. The van der Waals surface area contributed by atoms with Gasteiger partial charge in [-0.2, -0.15) is 0 Å². The molecule has 39 heavy (non-hydrogen) atoms. The summed E-state index contributed by atoms with van der Waals surface area (Å²) >= 11 is 12.6. The lowest BCUT2D eigenvalue weighted by Crippen LogP contribution is -2.47. The number of amides is 1. The predicted molar refractivity (Wildman–Crippen MR) is 154 cm³/mol. The summed E-state index contributed by atoms with van der Waals surface area (Å²) in [5.74, 6) is 0.0464. The zero-order valence-corrected chi connectivity index (χ0v) is 24.7. The first kappa shape index (κ1) is 30.1. The number of carbonyl (C=O) groups is 1. The third kappa shape index (κ3) is 7.88. The molecule has 1 unspecified atom stereocenters. The van der Waals surface area contributed by atoms with Crippen molar-refractivity contribution >= 4 is 48.3 Å². The SMILES string of the molecule is CC(C)C(OP(=O)(O)O)N1C(=O)CCc2ccc(OCCCCN3CCN(c4cccc(Cl)c4Cl)CC3)cc21. The molecular formula is C27H36Cl2N3O6P. The fourth-order valence-corrected chi connectivity index (χ4v) is 6.06. The fraction of sp³-hybridized carbons (Fsp3) is 0.519. The van der Waals surface area contributed by atoms with Gasteiger partial charge < -0.3 is 19.4 Å². The smallest absolute Gasteiger partial charge is 0.471 e. The molecule has 0 saturated carbocycles. The summed E-state index contributed by atoms with van der Waals surface area (Å²) in [5.41, 5.74) is 2.48. The Labute approximate surface area is 239 Å². The molecule has 0 aromatic heterocycles. The van der Waals surface area contributed by atoms with Gasteiger partial charge in [0.2, 0.25) is 5.91 Å². The molecule has 2 aliphatic heterocycles. The molecule has 2 aromatic carbocycles. The van der Waals surface area contributed by atoms with Crippen LogP contribution in [0.2, 0.25) is 10.0 Å². The largest absolute Gasteiger partial charge is 0.494 e. The highest BCUT2D eigenvalue weighted by molar-refractivity contribution is 7.46. The van der Waals surface area contributed by atoms with Crippen molar-refractivity contribution in [1.82, 2.24) is 4.90 Å². The molecule has 1 saturated heterocycles. The van der Waals surface area contributed by atoms with Crippen LogP contribution < -0.4 is 14.5 Å². The van der Waals surface area contributed by atoms with Crippen molar-refractivity contribution in [2.45, 2.75) is 45.8 Å². The molecule has 1 atom stereocenters. The number of nitrogens with zero attached hydrogens (tertiary/aromatic N) is 3. The number of hydrogen-bond acceptors (Lipinski definition) is 6. The molecule has 2 N–H and O–H groups in total. The summed E-state index contributed by atoms with van der Waals surface area (Å²) in [6.07, 6.45) is 1.58. The molecule has 1 fully saturated rings. The number of phosphoric acid groups is 1. The van der Waals surface area contributed by atoms with Crippen LogP contribution in [0.3, 0.4) is 0 Å². The topological polar surface area (TPSA) is 103 Å². The Balaban J connectivity index is 1.27. The quantitative estimate of drug-likeness (QED) is 0.263. The van der Waals surface area contributed by atoms with Gasteiger partial charge in [0, 0.05) is 38.7 Å². The third-order valence-corrected chi connectivity index (χ3v) is 8.34. The maximum absolute atomic E-state index is 12.8. The lowest BCUT2D eigenvalue weighted by molar-refractivity contribution is -0.121. The molecule has 1 amide bonds. The maximum atomic E-state index is 12.8. The summed E-state index contributed by atoms with van der Waals surface area (Å²) in [5, 5.41) is 1.18. The molecule has 9 nitrogen and oxygen atoms in total. The fourth-order valence-electron chi connectivity index (χ4n) is 5.03. The number of aryl methyl sites for hydroxylation is 1. The van der Waals surface area contributed by atoms with Crippen LogP contribution in [0, 0.1) is 5.92 Å². The summed E-state index contributed by atoms with van der Waals surface area (Å²) in [6, 6.07) is 11.3. The van der Waals surface area contributed by atoms with Crippen LogP contribution >= 0.6 is 31.0 Å². The third-order valence-electron chi connectivity index (χ3n) is 7.04. The predicted octanol–water partition coefficient (Wildman–Crippen LogP) is 5.35. The van der Waals surface area contributed by atoms with Gasteiger partial charge in [-0.25, -0.2) is 4.57 Å².